The van der Waals surface area contributed by atoms with Crippen LogP contribution >= 0.6 is 0 Å². The van der Waals surface area contributed by atoms with Gasteiger partial charge < -0.3 is 14.8 Å². The van der Waals surface area contributed by atoms with E-state index < -0.39 is 0 Å². The van der Waals surface area contributed by atoms with E-state index in [9.17, 15) is 0 Å². The van der Waals surface area contributed by atoms with Crippen molar-refractivity contribution in [3.05, 3.63) is 66.7 Å². The van der Waals surface area contributed by atoms with Crippen molar-refractivity contribution in [2.45, 2.75) is 6.54 Å². The van der Waals surface area contributed by atoms with Gasteiger partial charge in [-0.15, -0.1) is 0 Å². The van der Waals surface area contributed by atoms with Crippen molar-refractivity contribution in [1.29, 1.82) is 0 Å². The molecule has 1 N–H and O–H groups in total. The summed E-state index contributed by atoms with van der Waals surface area (Å²) in [5.74, 6) is 2.17. The number of nitrogens with one attached hydrogen (secondary N) is 1. The van der Waals surface area contributed by atoms with E-state index in [1.807, 2.05) is 48.8 Å². The van der Waals surface area contributed by atoms with Gasteiger partial charge in [0, 0.05) is 25.1 Å². The van der Waals surface area contributed by atoms with Crippen molar-refractivity contribution >= 4 is 11.5 Å². The summed E-state index contributed by atoms with van der Waals surface area (Å²) < 4.78 is 12.8. The number of aromatic nitrogens is 4. The number of ether oxygens (including phenoxy) is 2. The molecule has 0 radical (unpaired) electrons. The predicted molar refractivity (Wildman–Crippen MR) is 103 cm³/mol. The molecule has 0 spiro atoms. The molecule has 0 atom stereocenters. The molecule has 0 aliphatic rings. The molecule has 4 aromatic rings. The lowest BCUT2D eigenvalue weighted by molar-refractivity contribution is 0.397. The minimum absolute atomic E-state index is 0.637. The number of benzene rings is 1. The van der Waals surface area contributed by atoms with Crippen molar-refractivity contribution in [1.82, 2.24) is 19.6 Å². The molecule has 136 valence electrons. The summed E-state index contributed by atoms with van der Waals surface area (Å²) in [5.41, 5.74) is 3.47. The quantitative estimate of drug-likeness (QED) is 0.567. The Balaban J connectivity index is 1.73. The van der Waals surface area contributed by atoms with Gasteiger partial charge in [-0.25, -0.2) is 9.50 Å². The summed E-state index contributed by atoms with van der Waals surface area (Å²) in [4.78, 5) is 8.86. The minimum Gasteiger partial charge on any atom is -0.496 e. The standard InChI is InChI=1S/C20H19N5O2/c1-26-16-6-3-7-17(27-2)19(16)15-13-23-25-10-8-18(24-20(15)25)22-12-14-5-4-9-21-11-14/h3-11,13H,12H2,1-2H3,(H,22,24). The Kier molecular flexibility index (Phi) is 4.57. The first-order valence-electron chi connectivity index (χ1n) is 8.48. The molecule has 3 heterocycles. The van der Waals surface area contributed by atoms with E-state index in [0.29, 0.717) is 23.7 Å². The Hall–Kier alpha value is -3.61. The van der Waals surface area contributed by atoms with Crippen LogP contribution < -0.4 is 14.8 Å². The zero-order chi connectivity index (χ0) is 18.6. The van der Waals surface area contributed by atoms with Crippen molar-refractivity contribution in [2.75, 3.05) is 19.5 Å². The maximum absolute atomic E-state index is 5.53. The largest absolute Gasteiger partial charge is 0.496 e. The molecule has 0 amide bonds. The molecule has 0 aliphatic carbocycles. The van der Waals surface area contributed by atoms with Crippen LogP contribution in [0.1, 0.15) is 5.56 Å². The van der Waals surface area contributed by atoms with Gasteiger partial charge in [-0.1, -0.05) is 12.1 Å². The topological polar surface area (TPSA) is 73.6 Å². The fourth-order valence-corrected chi connectivity index (χ4v) is 2.96. The first kappa shape index (κ1) is 16.8. The Morgan fingerprint density at radius 3 is 2.52 bits per heavy atom. The molecule has 7 nitrogen and oxygen atoms in total. The number of fused-ring (bicyclic) bond motifs is 1. The van der Waals surface area contributed by atoms with Crippen LogP contribution in [0.2, 0.25) is 0 Å². The molecule has 3 aromatic heterocycles. The summed E-state index contributed by atoms with van der Waals surface area (Å²) in [5, 5.41) is 7.73. The zero-order valence-corrected chi connectivity index (χ0v) is 15.1. The fraction of sp³-hybridized carbons (Fsp3) is 0.150. The van der Waals surface area contributed by atoms with Crippen LogP contribution in [0.25, 0.3) is 16.8 Å². The van der Waals surface area contributed by atoms with Crippen molar-refractivity contribution in [3.63, 3.8) is 0 Å². The first-order valence-corrected chi connectivity index (χ1v) is 8.48. The highest BCUT2D eigenvalue weighted by Crippen LogP contribution is 2.39. The van der Waals surface area contributed by atoms with E-state index in [1.54, 1.807) is 31.1 Å². The van der Waals surface area contributed by atoms with Gasteiger partial charge in [-0.2, -0.15) is 5.10 Å². The van der Waals surface area contributed by atoms with Crippen molar-refractivity contribution in [2.24, 2.45) is 0 Å². The number of rotatable bonds is 6. The Bertz CT molecular complexity index is 1040. The lowest BCUT2D eigenvalue weighted by Gasteiger charge is -2.12. The van der Waals surface area contributed by atoms with E-state index >= 15 is 0 Å². The average molecular weight is 361 g/mol. The second-order valence-corrected chi connectivity index (χ2v) is 5.89. The number of anilines is 1. The monoisotopic (exact) mass is 361 g/mol. The molecule has 27 heavy (non-hydrogen) atoms. The van der Waals surface area contributed by atoms with Crippen LogP contribution in [0.5, 0.6) is 11.5 Å². The Morgan fingerprint density at radius 1 is 1.00 bits per heavy atom. The van der Waals surface area contributed by atoms with Gasteiger partial charge in [0.2, 0.25) is 0 Å². The van der Waals surface area contributed by atoms with Gasteiger partial charge in [0.15, 0.2) is 5.65 Å². The number of methoxy groups -OCH3 is 2. The molecule has 0 aliphatic heterocycles. The molecule has 0 saturated carbocycles. The molecule has 0 unspecified atom stereocenters. The van der Waals surface area contributed by atoms with Crippen LogP contribution in [-0.2, 0) is 6.54 Å². The highest BCUT2D eigenvalue weighted by atomic mass is 16.5. The Morgan fingerprint density at radius 2 is 1.81 bits per heavy atom. The molecular formula is C20H19N5O2. The van der Waals surface area contributed by atoms with E-state index in [1.165, 1.54) is 0 Å². The van der Waals surface area contributed by atoms with Crippen molar-refractivity contribution in [3.8, 4) is 22.6 Å². The molecule has 0 bridgehead atoms. The highest BCUT2D eigenvalue weighted by molar-refractivity contribution is 5.85. The molecular weight excluding hydrogens is 342 g/mol. The third-order valence-electron chi connectivity index (χ3n) is 4.26. The smallest absolute Gasteiger partial charge is 0.165 e. The molecule has 7 heteroatoms. The Labute approximate surface area is 156 Å². The highest BCUT2D eigenvalue weighted by Gasteiger charge is 2.18. The van der Waals surface area contributed by atoms with Crippen LogP contribution in [0.15, 0.2) is 61.2 Å². The molecule has 0 saturated heterocycles. The molecule has 1 aromatic carbocycles. The number of hydrogen-bond donors (Lipinski definition) is 1. The van der Waals surface area contributed by atoms with E-state index in [4.69, 9.17) is 14.5 Å². The molecule has 4 rings (SSSR count). The number of pyridine rings is 1. The van der Waals surface area contributed by atoms with Gasteiger partial charge in [-0.05, 0) is 29.8 Å². The zero-order valence-electron chi connectivity index (χ0n) is 15.1. The van der Waals surface area contributed by atoms with Gasteiger partial charge in [0.05, 0.1) is 31.5 Å². The molecule has 0 fully saturated rings. The lowest BCUT2D eigenvalue weighted by atomic mass is 10.1. The van der Waals surface area contributed by atoms with Gasteiger partial charge >= 0.3 is 0 Å². The first-order chi connectivity index (χ1) is 13.3. The van der Waals surface area contributed by atoms with Gasteiger partial charge in [0.25, 0.3) is 0 Å². The van der Waals surface area contributed by atoms with Crippen LogP contribution in [-0.4, -0.2) is 33.8 Å². The third-order valence-corrected chi connectivity index (χ3v) is 4.26. The van der Waals surface area contributed by atoms with Crippen LogP contribution in [0.3, 0.4) is 0 Å². The summed E-state index contributed by atoms with van der Waals surface area (Å²) in [6.45, 7) is 0.637. The van der Waals surface area contributed by atoms with E-state index in [-0.39, 0.29) is 0 Å². The predicted octanol–water partition coefficient (Wildman–Crippen LogP) is 3.42. The van der Waals surface area contributed by atoms with Gasteiger partial charge in [0.1, 0.15) is 17.3 Å². The normalized spacial score (nSPS) is 10.7. The summed E-state index contributed by atoms with van der Waals surface area (Å²) >= 11 is 0. The maximum Gasteiger partial charge on any atom is 0.165 e. The second kappa shape index (κ2) is 7.33. The maximum atomic E-state index is 5.53. The fourth-order valence-electron chi connectivity index (χ4n) is 2.96. The van der Waals surface area contributed by atoms with E-state index in [2.05, 4.69) is 15.4 Å². The lowest BCUT2D eigenvalue weighted by Crippen LogP contribution is -2.03. The van der Waals surface area contributed by atoms with Crippen LogP contribution in [0.4, 0.5) is 5.82 Å². The minimum atomic E-state index is 0.637. The summed E-state index contributed by atoms with van der Waals surface area (Å²) in [6, 6.07) is 11.5. The second-order valence-electron chi connectivity index (χ2n) is 5.89. The summed E-state index contributed by atoms with van der Waals surface area (Å²) in [6.07, 6.45) is 7.23. The number of hydrogen-bond acceptors (Lipinski definition) is 6. The van der Waals surface area contributed by atoms with E-state index in [0.717, 1.165) is 22.5 Å². The van der Waals surface area contributed by atoms with Crippen molar-refractivity contribution < 1.29 is 9.47 Å². The number of nitrogens with zero attached hydrogens (tertiary/aromatic N) is 4. The van der Waals surface area contributed by atoms with Gasteiger partial charge in [-0.3, -0.25) is 4.98 Å². The summed E-state index contributed by atoms with van der Waals surface area (Å²) in [7, 11) is 3.27. The van der Waals surface area contributed by atoms with Crippen LogP contribution in [0, 0.1) is 0 Å². The average Bonchev–Trinajstić information content (AvgIpc) is 3.15. The third kappa shape index (κ3) is 3.27. The SMILES string of the molecule is COc1cccc(OC)c1-c1cnn2ccc(NCc3cccnc3)nc12.